The number of hydrogen-bond acceptors (Lipinski definition) is 4. The van der Waals surface area contributed by atoms with Crippen molar-refractivity contribution < 1.29 is 13.2 Å². The maximum absolute atomic E-state index is 11.4. The molecule has 0 saturated carbocycles. The fourth-order valence-electron chi connectivity index (χ4n) is 1.94. The summed E-state index contributed by atoms with van der Waals surface area (Å²) in [7, 11) is -3.04. The highest BCUT2D eigenvalue weighted by Gasteiger charge is 2.18. The number of nitrogens with zero attached hydrogens (tertiary/aromatic N) is 1. The Morgan fingerprint density at radius 2 is 1.94 bits per heavy atom. The second kappa shape index (κ2) is 6.35. The highest BCUT2D eigenvalue weighted by atomic mass is 32.2. The summed E-state index contributed by atoms with van der Waals surface area (Å²) in [6.45, 7) is 4.88. The van der Waals surface area contributed by atoms with Crippen LogP contribution < -0.4 is 5.32 Å². The SMILES string of the molecule is CC(CNC(=O)CCS(C)(=O)=O)N1CCCC1. The van der Waals surface area contributed by atoms with Crippen LogP contribution in [0.2, 0.25) is 0 Å². The molecule has 1 atom stereocenters. The summed E-state index contributed by atoms with van der Waals surface area (Å²) in [4.78, 5) is 13.8. The first-order chi connectivity index (χ1) is 7.88. The Bertz CT molecular complexity index is 348. The van der Waals surface area contributed by atoms with E-state index in [2.05, 4.69) is 17.1 Å². The molecular formula is C11H22N2O3S. The highest BCUT2D eigenvalue weighted by molar-refractivity contribution is 7.90. The van der Waals surface area contributed by atoms with E-state index in [4.69, 9.17) is 0 Å². The van der Waals surface area contributed by atoms with Crippen molar-refractivity contribution in [3.63, 3.8) is 0 Å². The lowest BCUT2D eigenvalue weighted by molar-refractivity contribution is -0.120. The second-order valence-corrected chi connectivity index (χ2v) is 7.04. The van der Waals surface area contributed by atoms with E-state index in [0.29, 0.717) is 12.6 Å². The maximum atomic E-state index is 11.4. The van der Waals surface area contributed by atoms with Gasteiger partial charge in [0.05, 0.1) is 5.75 Å². The third-order valence-corrected chi connectivity index (χ3v) is 4.00. The number of nitrogens with one attached hydrogen (secondary N) is 1. The average molecular weight is 262 g/mol. The van der Waals surface area contributed by atoms with Gasteiger partial charge in [-0.1, -0.05) is 0 Å². The molecular weight excluding hydrogens is 240 g/mol. The predicted octanol–water partition coefficient (Wildman–Crippen LogP) is 0.0216. The lowest BCUT2D eigenvalue weighted by Gasteiger charge is -2.23. The molecule has 1 aliphatic heterocycles. The first kappa shape index (κ1) is 14.4. The molecule has 0 aliphatic carbocycles. The summed E-state index contributed by atoms with van der Waals surface area (Å²) in [5.41, 5.74) is 0. The van der Waals surface area contributed by atoms with Crippen LogP contribution in [0.3, 0.4) is 0 Å². The van der Waals surface area contributed by atoms with Crippen LogP contribution in [0.5, 0.6) is 0 Å². The molecule has 0 spiro atoms. The minimum atomic E-state index is -3.04. The molecule has 0 aromatic carbocycles. The van der Waals surface area contributed by atoms with Crippen molar-refractivity contribution in [2.24, 2.45) is 0 Å². The van der Waals surface area contributed by atoms with E-state index in [-0.39, 0.29) is 18.1 Å². The lowest BCUT2D eigenvalue weighted by atomic mass is 10.3. The first-order valence-corrected chi connectivity index (χ1v) is 8.13. The summed E-state index contributed by atoms with van der Waals surface area (Å²) in [6.07, 6.45) is 3.66. The van der Waals surface area contributed by atoms with Gasteiger partial charge in [-0.3, -0.25) is 9.69 Å². The van der Waals surface area contributed by atoms with Crippen molar-refractivity contribution >= 4 is 15.7 Å². The normalized spacial score (nSPS) is 19.2. The van der Waals surface area contributed by atoms with Crippen molar-refractivity contribution in [1.29, 1.82) is 0 Å². The quantitative estimate of drug-likeness (QED) is 0.733. The molecule has 6 heteroatoms. The average Bonchev–Trinajstić information content (AvgIpc) is 2.75. The van der Waals surface area contributed by atoms with Crippen molar-refractivity contribution in [1.82, 2.24) is 10.2 Å². The summed E-state index contributed by atoms with van der Waals surface area (Å²) in [5, 5.41) is 2.79. The molecule has 0 aromatic rings. The van der Waals surface area contributed by atoms with E-state index in [0.717, 1.165) is 19.3 Å². The molecule has 1 N–H and O–H groups in total. The van der Waals surface area contributed by atoms with Gasteiger partial charge >= 0.3 is 0 Å². The van der Waals surface area contributed by atoms with E-state index in [1.165, 1.54) is 12.8 Å². The Morgan fingerprint density at radius 3 is 2.47 bits per heavy atom. The zero-order valence-corrected chi connectivity index (χ0v) is 11.4. The zero-order chi connectivity index (χ0) is 12.9. The smallest absolute Gasteiger partial charge is 0.221 e. The van der Waals surface area contributed by atoms with Gasteiger partial charge in [-0.15, -0.1) is 0 Å². The fourth-order valence-corrected chi connectivity index (χ4v) is 2.50. The van der Waals surface area contributed by atoms with Crippen LogP contribution in [-0.4, -0.2) is 56.9 Å². The first-order valence-electron chi connectivity index (χ1n) is 6.07. The number of carbonyl (C=O) groups is 1. The molecule has 1 heterocycles. The standard InChI is InChI=1S/C11H22N2O3S/c1-10(13-6-3-4-7-13)9-12-11(14)5-8-17(2,15)16/h10H,3-9H2,1-2H3,(H,12,14). The Kier molecular flexibility index (Phi) is 5.39. The number of sulfone groups is 1. The summed E-state index contributed by atoms with van der Waals surface area (Å²) in [6, 6.07) is 0.333. The van der Waals surface area contributed by atoms with Gasteiger partial charge in [0, 0.05) is 25.3 Å². The van der Waals surface area contributed by atoms with Crippen LogP contribution in [0.25, 0.3) is 0 Å². The minimum Gasteiger partial charge on any atom is -0.355 e. The van der Waals surface area contributed by atoms with Crippen molar-refractivity contribution in [3.05, 3.63) is 0 Å². The molecule has 1 saturated heterocycles. The van der Waals surface area contributed by atoms with E-state index >= 15 is 0 Å². The van der Waals surface area contributed by atoms with E-state index in [1.54, 1.807) is 0 Å². The molecule has 1 rings (SSSR count). The maximum Gasteiger partial charge on any atom is 0.221 e. The largest absolute Gasteiger partial charge is 0.355 e. The molecule has 5 nitrogen and oxygen atoms in total. The molecule has 100 valence electrons. The molecule has 0 aromatic heterocycles. The van der Waals surface area contributed by atoms with Gasteiger partial charge in [0.15, 0.2) is 0 Å². The van der Waals surface area contributed by atoms with E-state index in [1.807, 2.05) is 0 Å². The highest BCUT2D eigenvalue weighted by Crippen LogP contribution is 2.10. The third kappa shape index (κ3) is 6.02. The number of carbonyl (C=O) groups excluding carboxylic acids is 1. The van der Waals surface area contributed by atoms with Gasteiger partial charge in [-0.25, -0.2) is 8.42 Å². The van der Waals surface area contributed by atoms with Gasteiger partial charge in [0.1, 0.15) is 9.84 Å². The van der Waals surface area contributed by atoms with Gasteiger partial charge in [0.25, 0.3) is 0 Å². The topological polar surface area (TPSA) is 66.5 Å². The summed E-state index contributed by atoms with van der Waals surface area (Å²) >= 11 is 0. The monoisotopic (exact) mass is 262 g/mol. The lowest BCUT2D eigenvalue weighted by Crippen LogP contribution is -2.40. The Hall–Kier alpha value is -0.620. The number of hydrogen-bond donors (Lipinski definition) is 1. The zero-order valence-electron chi connectivity index (χ0n) is 10.6. The summed E-state index contributed by atoms with van der Waals surface area (Å²) in [5.74, 6) is -0.252. The van der Waals surface area contributed by atoms with E-state index in [9.17, 15) is 13.2 Å². The van der Waals surface area contributed by atoms with Gasteiger partial charge in [0.2, 0.25) is 5.91 Å². The van der Waals surface area contributed by atoms with Crippen LogP contribution >= 0.6 is 0 Å². The van der Waals surface area contributed by atoms with Crippen molar-refractivity contribution in [2.75, 3.05) is 31.6 Å². The molecule has 0 bridgehead atoms. The number of likely N-dealkylation sites (tertiary alicyclic amines) is 1. The molecule has 17 heavy (non-hydrogen) atoms. The molecule has 1 aliphatic rings. The van der Waals surface area contributed by atoms with Crippen molar-refractivity contribution in [2.45, 2.75) is 32.2 Å². The van der Waals surface area contributed by atoms with Crippen LogP contribution in [0, 0.1) is 0 Å². The Labute approximate surface area is 103 Å². The van der Waals surface area contributed by atoms with Crippen LogP contribution in [0.15, 0.2) is 0 Å². The van der Waals surface area contributed by atoms with E-state index < -0.39 is 9.84 Å². The number of amides is 1. The Morgan fingerprint density at radius 1 is 1.35 bits per heavy atom. The van der Waals surface area contributed by atoms with Gasteiger partial charge < -0.3 is 5.32 Å². The van der Waals surface area contributed by atoms with Gasteiger partial charge in [-0.05, 0) is 32.9 Å². The van der Waals surface area contributed by atoms with Gasteiger partial charge in [-0.2, -0.15) is 0 Å². The predicted molar refractivity (Wildman–Crippen MR) is 67.6 cm³/mol. The third-order valence-electron chi connectivity index (χ3n) is 3.06. The van der Waals surface area contributed by atoms with Crippen LogP contribution in [0.1, 0.15) is 26.2 Å². The fraction of sp³-hybridized carbons (Fsp3) is 0.909. The van der Waals surface area contributed by atoms with Crippen LogP contribution in [-0.2, 0) is 14.6 Å². The second-order valence-electron chi connectivity index (χ2n) is 4.78. The number of rotatable bonds is 6. The molecule has 0 radical (unpaired) electrons. The minimum absolute atomic E-state index is 0.0611. The van der Waals surface area contributed by atoms with Crippen LogP contribution in [0.4, 0.5) is 0 Å². The van der Waals surface area contributed by atoms with Crippen molar-refractivity contribution in [3.8, 4) is 0 Å². The molecule has 1 fully saturated rings. The molecule has 1 amide bonds. The Balaban J connectivity index is 2.18. The summed E-state index contributed by atoms with van der Waals surface area (Å²) < 4.78 is 21.8. The molecule has 1 unspecified atom stereocenters.